The minimum Gasteiger partial charge on any atom is -0.497 e. The van der Waals surface area contributed by atoms with Crippen LogP contribution in [0.4, 0.5) is 0 Å². The number of benzene rings is 3. The van der Waals surface area contributed by atoms with Crippen LogP contribution >= 0.6 is 0 Å². The lowest BCUT2D eigenvalue weighted by molar-refractivity contribution is -0.122. The monoisotopic (exact) mass is 457 g/mol. The highest BCUT2D eigenvalue weighted by atomic mass is 16.5. The van der Waals surface area contributed by atoms with Crippen LogP contribution in [0.1, 0.15) is 22.6 Å². The first-order valence-corrected chi connectivity index (χ1v) is 11.4. The summed E-state index contributed by atoms with van der Waals surface area (Å²) in [6.45, 7) is 1.47. The van der Waals surface area contributed by atoms with E-state index in [9.17, 15) is 4.79 Å². The van der Waals surface area contributed by atoms with Gasteiger partial charge in [0, 0.05) is 36.1 Å². The molecule has 1 heterocycles. The summed E-state index contributed by atoms with van der Waals surface area (Å²) in [5.41, 5.74) is 4.46. The van der Waals surface area contributed by atoms with E-state index in [2.05, 4.69) is 34.6 Å². The Morgan fingerprint density at radius 2 is 1.74 bits per heavy atom. The molecule has 1 atom stereocenters. The van der Waals surface area contributed by atoms with Crippen LogP contribution in [-0.2, 0) is 11.3 Å². The fourth-order valence-corrected chi connectivity index (χ4v) is 4.28. The summed E-state index contributed by atoms with van der Waals surface area (Å²) >= 11 is 0. The number of carbonyl (C=O) groups is 1. The normalized spacial score (nSPS) is 12.0. The molecule has 0 aliphatic heterocycles. The molecule has 0 radical (unpaired) electrons. The van der Waals surface area contributed by atoms with E-state index in [4.69, 9.17) is 9.47 Å². The number of rotatable bonds is 10. The number of nitrogens with one attached hydrogen (secondary N) is 2. The SMILES string of the molecule is COc1ccc(C(CNC(=O)CN(C)Cc2cccc(OC)c2)c2c[nH]c3ccccc23)cc1. The fraction of sp³-hybridized carbons (Fsp3) is 0.250. The van der Waals surface area contributed by atoms with Crippen molar-refractivity contribution in [2.24, 2.45) is 0 Å². The van der Waals surface area contributed by atoms with Crippen LogP contribution in [0.3, 0.4) is 0 Å². The van der Waals surface area contributed by atoms with Gasteiger partial charge in [0.15, 0.2) is 0 Å². The third-order valence-corrected chi connectivity index (χ3v) is 6.02. The minimum atomic E-state index is -0.0104. The molecule has 3 aromatic carbocycles. The van der Waals surface area contributed by atoms with Crippen LogP contribution in [0, 0.1) is 0 Å². The molecule has 4 rings (SSSR count). The Bertz CT molecular complexity index is 1230. The van der Waals surface area contributed by atoms with Gasteiger partial charge in [0.25, 0.3) is 0 Å². The van der Waals surface area contributed by atoms with Gasteiger partial charge >= 0.3 is 0 Å². The first-order valence-electron chi connectivity index (χ1n) is 11.4. The summed E-state index contributed by atoms with van der Waals surface area (Å²) in [5, 5.41) is 4.31. The van der Waals surface area contributed by atoms with Gasteiger partial charge in [-0.3, -0.25) is 9.69 Å². The Balaban J connectivity index is 1.46. The number of likely N-dealkylation sites (N-methyl/N-ethyl adjacent to an activating group) is 1. The quantitative estimate of drug-likeness (QED) is 0.366. The van der Waals surface area contributed by atoms with Gasteiger partial charge in [-0.05, 0) is 54.1 Å². The molecule has 1 amide bonds. The summed E-state index contributed by atoms with van der Waals surface area (Å²) in [6, 6.07) is 24.2. The second-order valence-electron chi connectivity index (χ2n) is 8.44. The highest BCUT2D eigenvalue weighted by Crippen LogP contribution is 2.31. The molecular formula is C28H31N3O3. The summed E-state index contributed by atoms with van der Waals surface area (Å²) in [5.74, 6) is 1.62. The van der Waals surface area contributed by atoms with E-state index < -0.39 is 0 Å². The van der Waals surface area contributed by atoms with Gasteiger partial charge in [-0.15, -0.1) is 0 Å². The Labute approximate surface area is 200 Å². The van der Waals surface area contributed by atoms with Crippen LogP contribution in [0.15, 0.2) is 79.0 Å². The molecule has 2 N–H and O–H groups in total. The van der Waals surface area contributed by atoms with Crippen molar-refractivity contribution < 1.29 is 14.3 Å². The molecule has 0 spiro atoms. The molecule has 0 fully saturated rings. The summed E-state index contributed by atoms with van der Waals surface area (Å²) in [6.07, 6.45) is 2.04. The van der Waals surface area contributed by atoms with E-state index in [-0.39, 0.29) is 11.8 Å². The van der Waals surface area contributed by atoms with Crippen molar-refractivity contribution in [3.63, 3.8) is 0 Å². The van der Waals surface area contributed by atoms with Gasteiger partial charge in [-0.2, -0.15) is 0 Å². The van der Waals surface area contributed by atoms with Crippen LogP contribution in [0.5, 0.6) is 11.5 Å². The van der Waals surface area contributed by atoms with Crippen molar-refractivity contribution in [3.8, 4) is 11.5 Å². The maximum Gasteiger partial charge on any atom is 0.234 e. The zero-order valence-corrected chi connectivity index (χ0v) is 19.9. The van der Waals surface area contributed by atoms with E-state index in [0.29, 0.717) is 19.6 Å². The molecule has 4 aromatic rings. The van der Waals surface area contributed by atoms with Crippen molar-refractivity contribution >= 4 is 16.8 Å². The van der Waals surface area contributed by atoms with E-state index in [1.807, 2.05) is 66.7 Å². The number of methoxy groups -OCH3 is 2. The molecule has 0 aliphatic carbocycles. The molecular weight excluding hydrogens is 426 g/mol. The predicted octanol–water partition coefficient (Wildman–Crippen LogP) is 4.57. The second-order valence-corrected chi connectivity index (χ2v) is 8.44. The number of ether oxygens (including phenoxy) is 2. The van der Waals surface area contributed by atoms with Crippen LogP contribution in [-0.4, -0.2) is 50.1 Å². The highest BCUT2D eigenvalue weighted by Gasteiger charge is 2.19. The van der Waals surface area contributed by atoms with E-state index in [1.54, 1.807) is 14.2 Å². The Morgan fingerprint density at radius 1 is 0.971 bits per heavy atom. The van der Waals surface area contributed by atoms with Crippen molar-refractivity contribution in [2.75, 3.05) is 34.4 Å². The van der Waals surface area contributed by atoms with Crippen LogP contribution in [0.25, 0.3) is 10.9 Å². The maximum atomic E-state index is 12.8. The number of nitrogens with zero attached hydrogens (tertiary/aromatic N) is 1. The molecule has 6 heteroatoms. The van der Waals surface area contributed by atoms with E-state index in [0.717, 1.165) is 39.1 Å². The summed E-state index contributed by atoms with van der Waals surface area (Å²) < 4.78 is 10.6. The Kier molecular flexibility index (Phi) is 7.50. The molecule has 176 valence electrons. The number of hydrogen-bond donors (Lipinski definition) is 2. The van der Waals surface area contributed by atoms with Gasteiger partial charge in [0.2, 0.25) is 5.91 Å². The van der Waals surface area contributed by atoms with Crippen molar-refractivity contribution in [2.45, 2.75) is 12.5 Å². The summed E-state index contributed by atoms with van der Waals surface area (Å²) in [7, 11) is 5.26. The van der Waals surface area contributed by atoms with E-state index >= 15 is 0 Å². The maximum absolute atomic E-state index is 12.8. The van der Waals surface area contributed by atoms with Crippen molar-refractivity contribution in [3.05, 3.63) is 95.7 Å². The lowest BCUT2D eigenvalue weighted by Gasteiger charge is -2.21. The molecule has 1 unspecified atom stereocenters. The first kappa shape index (κ1) is 23.4. The standard InChI is InChI=1S/C28H31N3O3/c1-31(18-20-7-6-8-23(15-20)34-3)19-28(32)30-16-25(21-11-13-22(33-2)14-12-21)26-17-29-27-10-5-4-9-24(26)27/h4-15,17,25,29H,16,18-19H2,1-3H3,(H,30,32). The largest absolute Gasteiger partial charge is 0.497 e. The zero-order valence-electron chi connectivity index (χ0n) is 19.9. The third-order valence-electron chi connectivity index (χ3n) is 6.02. The van der Waals surface area contributed by atoms with Crippen molar-refractivity contribution in [1.29, 1.82) is 0 Å². The van der Waals surface area contributed by atoms with Crippen LogP contribution < -0.4 is 14.8 Å². The Morgan fingerprint density at radius 3 is 2.50 bits per heavy atom. The predicted molar refractivity (Wildman–Crippen MR) is 135 cm³/mol. The summed E-state index contributed by atoms with van der Waals surface area (Å²) in [4.78, 5) is 18.2. The molecule has 1 aromatic heterocycles. The average Bonchev–Trinajstić information content (AvgIpc) is 3.28. The fourth-order valence-electron chi connectivity index (χ4n) is 4.28. The zero-order chi connectivity index (χ0) is 23.9. The smallest absolute Gasteiger partial charge is 0.234 e. The molecule has 6 nitrogen and oxygen atoms in total. The molecule has 0 saturated carbocycles. The van der Waals surface area contributed by atoms with Gasteiger partial charge in [0.05, 0.1) is 20.8 Å². The van der Waals surface area contributed by atoms with Crippen LogP contribution in [0.2, 0.25) is 0 Å². The van der Waals surface area contributed by atoms with E-state index in [1.165, 1.54) is 0 Å². The van der Waals surface area contributed by atoms with Gasteiger partial charge in [0.1, 0.15) is 11.5 Å². The lowest BCUT2D eigenvalue weighted by atomic mass is 9.90. The number of H-pyrrole nitrogens is 1. The molecule has 0 saturated heterocycles. The van der Waals surface area contributed by atoms with Crippen molar-refractivity contribution in [1.82, 2.24) is 15.2 Å². The number of aromatic nitrogens is 1. The van der Waals surface area contributed by atoms with Gasteiger partial charge in [-0.25, -0.2) is 0 Å². The molecule has 34 heavy (non-hydrogen) atoms. The number of hydrogen-bond acceptors (Lipinski definition) is 4. The number of amides is 1. The third kappa shape index (κ3) is 5.58. The average molecular weight is 458 g/mol. The number of carbonyl (C=O) groups excluding carboxylic acids is 1. The first-order chi connectivity index (χ1) is 16.6. The number of para-hydroxylation sites is 1. The number of aromatic amines is 1. The van der Waals surface area contributed by atoms with Gasteiger partial charge in [-0.1, -0.05) is 42.5 Å². The molecule has 0 aliphatic rings. The second kappa shape index (κ2) is 10.9. The Hall–Kier alpha value is -3.77. The molecule has 0 bridgehead atoms. The number of fused-ring (bicyclic) bond motifs is 1. The van der Waals surface area contributed by atoms with Gasteiger partial charge < -0.3 is 19.8 Å². The lowest BCUT2D eigenvalue weighted by Crippen LogP contribution is -2.37. The highest BCUT2D eigenvalue weighted by molar-refractivity contribution is 5.84. The minimum absolute atomic E-state index is 0.00898. The topological polar surface area (TPSA) is 66.6 Å².